The molecule has 6 nitrogen and oxygen atoms in total. The number of nitriles is 1. The summed E-state index contributed by atoms with van der Waals surface area (Å²) in [4.78, 5) is 30.9. The van der Waals surface area contributed by atoms with Crippen LogP contribution in [0.25, 0.3) is 10.9 Å². The van der Waals surface area contributed by atoms with Crippen LogP contribution in [0.2, 0.25) is 0 Å². The van der Waals surface area contributed by atoms with Gasteiger partial charge >= 0.3 is 0 Å². The molecule has 1 saturated heterocycles. The van der Waals surface area contributed by atoms with Gasteiger partial charge in [0, 0.05) is 11.4 Å². The number of fused-ring (bicyclic) bond motifs is 2. The molecule has 0 spiro atoms. The Morgan fingerprint density at radius 1 is 1.36 bits per heavy atom. The molecule has 1 saturated carbocycles. The number of hydrogen-bond donors (Lipinski definition) is 1. The molecule has 3 atom stereocenters. The fourth-order valence-corrected chi connectivity index (χ4v) is 4.12. The molecular formula is C21H21FN4O2. The van der Waals surface area contributed by atoms with E-state index in [0.717, 1.165) is 12.8 Å². The van der Waals surface area contributed by atoms with Crippen LogP contribution in [0.4, 0.5) is 4.39 Å². The maximum absolute atomic E-state index is 14.3. The van der Waals surface area contributed by atoms with E-state index in [0.29, 0.717) is 28.1 Å². The maximum Gasteiger partial charge on any atom is 0.249 e. The van der Waals surface area contributed by atoms with Gasteiger partial charge in [0.15, 0.2) is 0 Å². The third-order valence-electron chi connectivity index (χ3n) is 5.69. The van der Waals surface area contributed by atoms with Crippen molar-refractivity contribution in [2.45, 2.75) is 50.9 Å². The number of carbonyl (C=O) groups excluding carboxylic acids is 2. The first-order chi connectivity index (χ1) is 13.2. The van der Waals surface area contributed by atoms with E-state index in [1.54, 1.807) is 23.1 Å². The van der Waals surface area contributed by atoms with Gasteiger partial charge in [-0.3, -0.25) is 14.6 Å². The summed E-state index contributed by atoms with van der Waals surface area (Å²) in [5.41, 5.74) is 5.44. The topological polar surface area (TPSA) is 100 Å². The molecule has 1 aromatic heterocycles. The first-order valence-corrected chi connectivity index (χ1v) is 9.32. The second-order valence-corrected chi connectivity index (χ2v) is 8.15. The minimum Gasteiger partial charge on any atom is -0.366 e. The number of aromatic nitrogens is 1. The molecule has 2 aromatic rings. The number of halogens is 1. The number of amides is 2. The molecule has 2 fully saturated rings. The van der Waals surface area contributed by atoms with E-state index in [1.165, 1.54) is 19.9 Å². The van der Waals surface area contributed by atoms with Crippen LogP contribution >= 0.6 is 0 Å². The molecule has 144 valence electrons. The fourth-order valence-electron chi connectivity index (χ4n) is 4.12. The van der Waals surface area contributed by atoms with Gasteiger partial charge < -0.3 is 10.6 Å². The number of hydrogen-bond acceptors (Lipinski definition) is 4. The molecule has 1 aromatic carbocycles. The van der Waals surface area contributed by atoms with Crippen LogP contribution in [0.5, 0.6) is 0 Å². The molecule has 0 radical (unpaired) electrons. The van der Waals surface area contributed by atoms with Gasteiger partial charge in [0.25, 0.3) is 0 Å². The van der Waals surface area contributed by atoms with Crippen LogP contribution < -0.4 is 5.73 Å². The smallest absolute Gasteiger partial charge is 0.249 e. The van der Waals surface area contributed by atoms with E-state index >= 15 is 0 Å². The third-order valence-corrected chi connectivity index (χ3v) is 5.69. The molecule has 0 bridgehead atoms. The number of carbonyl (C=O) groups is 2. The highest BCUT2D eigenvalue weighted by atomic mass is 19.1. The molecule has 2 N–H and O–H groups in total. The van der Waals surface area contributed by atoms with E-state index in [2.05, 4.69) is 11.1 Å². The SMILES string of the molecule is CC(C)(F)c1ccc2c(C(N)=O)cc(CC(=O)N3[C@H](C#N)C[C@@H]4C[C@@H]43)nc2c1. The van der Waals surface area contributed by atoms with Crippen LogP contribution in [0.15, 0.2) is 24.3 Å². The summed E-state index contributed by atoms with van der Waals surface area (Å²) >= 11 is 0. The zero-order valence-corrected chi connectivity index (χ0v) is 15.8. The summed E-state index contributed by atoms with van der Waals surface area (Å²) in [6.45, 7) is 2.88. The summed E-state index contributed by atoms with van der Waals surface area (Å²) in [5.74, 6) is -0.388. The predicted octanol–water partition coefficient (Wildman–Crippen LogP) is 2.59. The van der Waals surface area contributed by atoms with Crippen molar-refractivity contribution in [1.82, 2.24) is 9.88 Å². The lowest BCUT2D eigenvalue weighted by atomic mass is 9.96. The number of likely N-dealkylation sites (tertiary alicyclic amines) is 1. The van der Waals surface area contributed by atoms with E-state index in [9.17, 15) is 19.2 Å². The monoisotopic (exact) mass is 380 g/mol. The van der Waals surface area contributed by atoms with Crippen molar-refractivity contribution in [2.24, 2.45) is 11.7 Å². The van der Waals surface area contributed by atoms with Crippen LogP contribution in [0, 0.1) is 17.2 Å². The number of alkyl halides is 1. The van der Waals surface area contributed by atoms with Gasteiger partial charge in [0.1, 0.15) is 11.7 Å². The largest absolute Gasteiger partial charge is 0.366 e. The number of nitrogens with two attached hydrogens (primary N) is 1. The second kappa shape index (κ2) is 6.26. The van der Waals surface area contributed by atoms with E-state index in [4.69, 9.17) is 5.73 Å². The minimum absolute atomic E-state index is 0.0269. The molecule has 4 rings (SSSR count). The number of rotatable bonds is 4. The van der Waals surface area contributed by atoms with E-state index in [-0.39, 0.29) is 23.9 Å². The highest BCUT2D eigenvalue weighted by molar-refractivity contribution is 6.05. The van der Waals surface area contributed by atoms with Crippen molar-refractivity contribution < 1.29 is 14.0 Å². The number of nitrogens with zero attached hydrogens (tertiary/aromatic N) is 3. The Bertz CT molecular complexity index is 1040. The standard InChI is InChI=1S/C21H21FN4O2/c1-21(2,22)12-3-4-15-16(20(24)28)8-13(25-17(15)7-12)9-19(27)26-14(10-23)5-11-6-18(11)26/h3-4,7-8,11,14,18H,5-6,9H2,1-2H3,(H2,24,28)/t11-,14+,18+/m1/s1. The molecule has 7 heteroatoms. The van der Waals surface area contributed by atoms with Crippen molar-refractivity contribution in [3.8, 4) is 6.07 Å². The van der Waals surface area contributed by atoms with Gasteiger partial charge in [0.2, 0.25) is 11.8 Å². The molecule has 2 aliphatic rings. The molecular weight excluding hydrogens is 359 g/mol. The normalized spacial score (nSPS) is 23.4. The highest BCUT2D eigenvalue weighted by Crippen LogP contribution is 2.47. The van der Waals surface area contributed by atoms with Crippen molar-refractivity contribution in [2.75, 3.05) is 0 Å². The number of piperidine rings is 1. The lowest BCUT2D eigenvalue weighted by Crippen LogP contribution is -2.38. The van der Waals surface area contributed by atoms with Gasteiger partial charge in [-0.05, 0) is 50.3 Å². The van der Waals surface area contributed by atoms with Crippen LogP contribution in [-0.2, 0) is 16.9 Å². The van der Waals surface area contributed by atoms with Gasteiger partial charge in [0.05, 0.1) is 29.3 Å². The second-order valence-electron chi connectivity index (χ2n) is 8.15. The summed E-state index contributed by atoms with van der Waals surface area (Å²) < 4.78 is 14.3. The van der Waals surface area contributed by atoms with Gasteiger partial charge in [-0.25, -0.2) is 4.39 Å². The summed E-state index contributed by atoms with van der Waals surface area (Å²) in [5, 5.41) is 9.82. The van der Waals surface area contributed by atoms with E-state index < -0.39 is 17.6 Å². The fraction of sp³-hybridized carbons (Fsp3) is 0.429. The Morgan fingerprint density at radius 2 is 2.11 bits per heavy atom. The molecule has 28 heavy (non-hydrogen) atoms. The van der Waals surface area contributed by atoms with Crippen molar-refractivity contribution >= 4 is 22.7 Å². The Hall–Kier alpha value is -3.01. The molecule has 2 amide bonds. The zero-order chi connectivity index (χ0) is 20.2. The van der Waals surface area contributed by atoms with Gasteiger partial charge in [-0.2, -0.15) is 5.26 Å². The Balaban J connectivity index is 1.71. The lowest BCUT2D eigenvalue weighted by Gasteiger charge is -2.22. The summed E-state index contributed by atoms with van der Waals surface area (Å²) in [6.07, 6.45) is 1.64. The zero-order valence-electron chi connectivity index (χ0n) is 15.8. The average Bonchev–Trinajstić information content (AvgIpc) is 3.29. The van der Waals surface area contributed by atoms with Crippen molar-refractivity contribution in [3.63, 3.8) is 0 Å². The van der Waals surface area contributed by atoms with Gasteiger partial charge in [-0.15, -0.1) is 0 Å². The number of benzene rings is 1. The average molecular weight is 380 g/mol. The highest BCUT2D eigenvalue weighted by Gasteiger charge is 2.53. The van der Waals surface area contributed by atoms with Crippen LogP contribution in [0.3, 0.4) is 0 Å². The Kier molecular flexibility index (Phi) is 4.11. The summed E-state index contributed by atoms with van der Waals surface area (Å²) in [6, 6.07) is 8.28. The predicted molar refractivity (Wildman–Crippen MR) is 101 cm³/mol. The van der Waals surface area contributed by atoms with Gasteiger partial charge in [-0.1, -0.05) is 12.1 Å². The Labute approximate surface area is 162 Å². The quantitative estimate of drug-likeness (QED) is 0.881. The maximum atomic E-state index is 14.3. The minimum atomic E-state index is -1.56. The molecule has 1 aliphatic carbocycles. The molecule has 1 aliphatic heterocycles. The summed E-state index contributed by atoms with van der Waals surface area (Å²) in [7, 11) is 0. The van der Waals surface area contributed by atoms with Crippen LogP contribution in [-0.4, -0.2) is 33.8 Å². The molecule has 2 heterocycles. The van der Waals surface area contributed by atoms with Crippen LogP contribution in [0.1, 0.15) is 48.3 Å². The number of primary amides is 1. The van der Waals surface area contributed by atoms with Crippen molar-refractivity contribution in [3.05, 3.63) is 41.1 Å². The molecule has 0 unspecified atom stereocenters. The third kappa shape index (κ3) is 3.09. The first-order valence-electron chi connectivity index (χ1n) is 9.32. The van der Waals surface area contributed by atoms with Crippen molar-refractivity contribution in [1.29, 1.82) is 5.26 Å². The number of pyridine rings is 1. The first kappa shape index (κ1) is 18.4. The lowest BCUT2D eigenvalue weighted by molar-refractivity contribution is -0.131. The Morgan fingerprint density at radius 3 is 2.75 bits per heavy atom. The van der Waals surface area contributed by atoms with E-state index in [1.807, 2.05) is 0 Å².